The minimum absolute atomic E-state index is 0.0134. The van der Waals surface area contributed by atoms with Gasteiger partial charge in [0.1, 0.15) is 18.2 Å². The summed E-state index contributed by atoms with van der Waals surface area (Å²) in [6.07, 6.45) is 7.50. The zero-order valence-corrected chi connectivity index (χ0v) is 20.5. The Morgan fingerprint density at radius 2 is 1.76 bits per heavy atom. The Kier molecular flexibility index (Phi) is 8.38. The van der Waals surface area contributed by atoms with Crippen molar-refractivity contribution in [3.05, 3.63) is 35.4 Å². The van der Waals surface area contributed by atoms with Crippen LogP contribution in [-0.4, -0.2) is 47.0 Å². The Hall–Kier alpha value is -2.57. The van der Waals surface area contributed by atoms with Crippen molar-refractivity contribution < 1.29 is 19.1 Å². The van der Waals surface area contributed by atoms with Gasteiger partial charge in [0.2, 0.25) is 11.8 Å². The van der Waals surface area contributed by atoms with E-state index in [0.717, 1.165) is 56.1 Å². The van der Waals surface area contributed by atoms with Gasteiger partial charge in [-0.25, -0.2) is 4.79 Å². The second kappa shape index (κ2) is 11.0. The molecular weight excluding hydrogens is 418 g/mol. The Labute approximate surface area is 197 Å². The van der Waals surface area contributed by atoms with E-state index in [1.165, 1.54) is 6.42 Å². The smallest absolute Gasteiger partial charge is 0.408 e. The number of nitrogens with zero attached hydrogens (tertiary/aromatic N) is 1. The van der Waals surface area contributed by atoms with E-state index in [2.05, 4.69) is 10.6 Å². The summed E-state index contributed by atoms with van der Waals surface area (Å²) in [5, 5.41) is 5.80. The quantitative estimate of drug-likeness (QED) is 0.636. The van der Waals surface area contributed by atoms with Gasteiger partial charge in [-0.15, -0.1) is 0 Å². The highest BCUT2D eigenvalue weighted by Crippen LogP contribution is 2.33. The van der Waals surface area contributed by atoms with Gasteiger partial charge in [0.05, 0.1) is 0 Å². The van der Waals surface area contributed by atoms with E-state index >= 15 is 0 Å². The number of nitrogens with one attached hydrogen (secondary N) is 2. The molecule has 2 saturated carbocycles. The molecule has 0 radical (unpaired) electrons. The third-order valence-corrected chi connectivity index (χ3v) is 6.37. The summed E-state index contributed by atoms with van der Waals surface area (Å²) in [6.45, 7) is 7.11. The van der Waals surface area contributed by atoms with Gasteiger partial charge in [0, 0.05) is 12.1 Å². The van der Waals surface area contributed by atoms with E-state index in [-0.39, 0.29) is 30.4 Å². The third-order valence-electron chi connectivity index (χ3n) is 6.37. The van der Waals surface area contributed by atoms with Gasteiger partial charge >= 0.3 is 6.09 Å². The molecule has 3 amide bonds. The highest BCUT2D eigenvalue weighted by Gasteiger charge is 2.39. The molecule has 0 spiro atoms. The Bertz CT molecular complexity index is 838. The normalized spacial score (nSPS) is 18.1. The highest BCUT2D eigenvalue weighted by molar-refractivity contribution is 5.91. The van der Waals surface area contributed by atoms with Crippen LogP contribution >= 0.6 is 0 Å². The molecule has 0 aromatic heterocycles. The van der Waals surface area contributed by atoms with E-state index in [0.29, 0.717) is 0 Å². The number of hydrogen-bond acceptors (Lipinski definition) is 4. The largest absolute Gasteiger partial charge is 0.444 e. The predicted octanol–water partition coefficient (Wildman–Crippen LogP) is 4.39. The van der Waals surface area contributed by atoms with Crippen molar-refractivity contribution in [3.63, 3.8) is 0 Å². The highest BCUT2D eigenvalue weighted by atomic mass is 16.6. The number of aryl methyl sites for hydroxylation is 1. The average Bonchev–Trinajstić information content (AvgIpc) is 2.70. The van der Waals surface area contributed by atoms with Crippen molar-refractivity contribution in [1.29, 1.82) is 0 Å². The number of ether oxygens (including phenoxy) is 1. The van der Waals surface area contributed by atoms with E-state index in [9.17, 15) is 14.4 Å². The van der Waals surface area contributed by atoms with E-state index < -0.39 is 17.7 Å². The van der Waals surface area contributed by atoms with Crippen molar-refractivity contribution in [2.75, 3.05) is 6.54 Å². The molecule has 2 N–H and O–H groups in total. The van der Waals surface area contributed by atoms with Gasteiger partial charge in [0.25, 0.3) is 0 Å². The van der Waals surface area contributed by atoms with Crippen LogP contribution in [0.4, 0.5) is 4.79 Å². The van der Waals surface area contributed by atoms with E-state index in [4.69, 9.17) is 4.74 Å². The molecule has 7 heteroatoms. The van der Waals surface area contributed by atoms with Gasteiger partial charge in [0.15, 0.2) is 0 Å². The van der Waals surface area contributed by atoms with Crippen molar-refractivity contribution in [2.45, 2.75) is 103 Å². The maximum Gasteiger partial charge on any atom is 0.408 e. The fourth-order valence-electron chi connectivity index (χ4n) is 4.58. The first-order valence-corrected chi connectivity index (χ1v) is 12.3. The number of carbonyl (C=O) groups excluding carboxylic acids is 3. The van der Waals surface area contributed by atoms with Gasteiger partial charge in [-0.05, 0) is 65.4 Å². The Morgan fingerprint density at radius 3 is 2.33 bits per heavy atom. The minimum atomic E-state index is -0.718. The van der Waals surface area contributed by atoms with Crippen LogP contribution in [0.1, 0.15) is 89.3 Å². The van der Waals surface area contributed by atoms with Crippen molar-refractivity contribution >= 4 is 17.9 Å². The van der Waals surface area contributed by atoms with Crippen LogP contribution in [0.15, 0.2) is 24.3 Å². The van der Waals surface area contributed by atoms with Crippen LogP contribution in [0.3, 0.4) is 0 Å². The maximum atomic E-state index is 13.6. The van der Waals surface area contributed by atoms with E-state index in [1.807, 2.05) is 31.2 Å². The lowest BCUT2D eigenvalue weighted by Crippen LogP contribution is -2.54. The lowest BCUT2D eigenvalue weighted by molar-refractivity contribution is -0.145. The summed E-state index contributed by atoms with van der Waals surface area (Å²) in [4.78, 5) is 40.9. The topological polar surface area (TPSA) is 87.7 Å². The van der Waals surface area contributed by atoms with Crippen LogP contribution in [-0.2, 0) is 14.3 Å². The van der Waals surface area contributed by atoms with Gasteiger partial charge < -0.3 is 20.3 Å². The summed E-state index contributed by atoms with van der Waals surface area (Å²) >= 11 is 0. The second-order valence-electron chi connectivity index (χ2n) is 10.4. The predicted molar refractivity (Wildman–Crippen MR) is 128 cm³/mol. The number of amides is 3. The number of benzene rings is 1. The lowest BCUT2D eigenvalue weighted by atomic mass is 9.88. The summed E-state index contributed by atoms with van der Waals surface area (Å²) in [5.41, 5.74) is 1.20. The molecule has 1 unspecified atom stereocenters. The van der Waals surface area contributed by atoms with Gasteiger partial charge in [-0.2, -0.15) is 0 Å². The molecule has 0 heterocycles. The zero-order valence-electron chi connectivity index (χ0n) is 20.5. The molecule has 0 saturated heterocycles. The molecule has 182 valence electrons. The van der Waals surface area contributed by atoms with Crippen LogP contribution in [0.2, 0.25) is 0 Å². The first-order chi connectivity index (χ1) is 15.6. The summed E-state index contributed by atoms with van der Waals surface area (Å²) < 4.78 is 5.28. The average molecular weight is 458 g/mol. The molecule has 1 aromatic rings. The standard InChI is InChI=1S/C26H39N3O4/c1-18-10-8-11-19(16-18)23(24(31)28-20-12-6-5-7-13-20)29(21-14-9-15-21)22(30)17-27-25(32)33-26(2,3)4/h8,10-11,16,20-21,23H,5-7,9,12-15,17H2,1-4H3,(H,27,32)(H,28,31). The van der Waals surface area contributed by atoms with Crippen molar-refractivity contribution in [2.24, 2.45) is 0 Å². The third kappa shape index (κ3) is 7.21. The van der Waals surface area contributed by atoms with Gasteiger partial charge in [-0.1, -0.05) is 49.1 Å². The SMILES string of the molecule is Cc1cccc(C(C(=O)NC2CCCCC2)N(C(=O)CNC(=O)OC(C)(C)C)C2CCC2)c1. The zero-order chi connectivity index (χ0) is 24.0. The second-order valence-corrected chi connectivity index (χ2v) is 10.4. The van der Waals surface area contributed by atoms with Crippen molar-refractivity contribution in [1.82, 2.24) is 15.5 Å². The summed E-state index contributed by atoms with van der Waals surface area (Å²) in [7, 11) is 0. The molecule has 2 aliphatic rings. The van der Waals surface area contributed by atoms with E-state index in [1.54, 1.807) is 25.7 Å². The number of carbonyl (C=O) groups is 3. The molecule has 1 atom stereocenters. The molecule has 3 rings (SSSR count). The molecule has 0 aliphatic heterocycles. The Balaban J connectivity index is 1.82. The maximum absolute atomic E-state index is 13.6. The molecular formula is C26H39N3O4. The van der Waals surface area contributed by atoms with Gasteiger partial charge in [-0.3, -0.25) is 9.59 Å². The van der Waals surface area contributed by atoms with Crippen LogP contribution in [0.5, 0.6) is 0 Å². The molecule has 33 heavy (non-hydrogen) atoms. The molecule has 7 nitrogen and oxygen atoms in total. The molecule has 2 aliphatic carbocycles. The van der Waals surface area contributed by atoms with Crippen LogP contribution < -0.4 is 10.6 Å². The monoisotopic (exact) mass is 457 g/mol. The number of alkyl carbamates (subject to hydrolysis) is 1. The fraction of sp³-hybridized carbons (Fsp3) is 0.654. The molecule has 0 bridgehead atoms. The van der Waals surface area contributed by atoms with Crippen molar-refractivity contribution in [3.8, 4) is 0 Å². The first kappa shape index (κ1) is 25.1. The Morgan fingerprint density at radius 1 is 1.06 bits per heavy atom. The summed E-state index contributed by atoms with van der Waals surface area (Å²) in [5.74, 6) is -0.402. The molecule has 1 aromatic carbocycles. The molecule has 2 fully saturated rings. The number of hydrogen-bond donors (Lipinski definition) is 2. The minimum Gasteiger partial charge on any atom is -0.444 e. The van der Waals surface area contributed by atoms with Crippen LogP contribution in [0.25, 0.3) is 0 Å². The number of rotatable bonds is 7. The van der Waals surface area contributed by atoms with Crippen LogP contribution in [0, 0.1) is 6.92 Å². The summed E-state index contributed by atoms with van der Waals surface area (Å²) in [6, 6.07) is 7.22. The fourth-order valence-corrected chi connectivity index (χ4v) is 4.58. The first-order valence-electron chi connectivity index (χ1n) is 12.3. The lowest BCUT2D eigenvalue weighted by Gasteiger charge is -2.42.